The van der Waals surface area contributed by atoms with Crippen LogP contribution in [0.1, 0.15) is 25.0 Å². The van der Waals surface area contributed by atoms with Gasteiger partial charge in [0.15, 0.2) is 0 Å². The van der Waals surface area contributed by atoms with Crippen LogP contribution in [0.25, 0.3) is 0 Å². The number of hydrogen-bond acceptors (Lipinski definition) is 5. The number of piperidine rings is 1. The molecule has 0 radical (unpaired) electrons. The first-order chi connectivity index (χ1) is 7.38. The van der Waals surface area contributed by atoms with Crippen molar-refractivity contribution in [2.75, 3.05) is 19.6 Å². The van der Waals surface area contributed by atoms with Crippen molar-refractivity contribution in [3.05, 3.63) is 11.1 Å². The zero-order valence-electron chi connectivity index (χ0n) is 9.34. The Morgan fingerprint density at radius 3 is 3.12 bits per heavy atom. The molecule has 1 aliphatic heterocycles. The van der Waals surface area contributed by atoms with E-state index < -0.39 is 0 Å². The molecular weight excluding hydrogens is 244 g/mol. The molecule has 2 rings (SSSR count). The summed E-state index contributed by atoms with van der Waals surface area (Å²) in [6.45, 7) is 4.14. The Morgan fingerprint density at radius 1 is 1.56 bits per heavy atom. The molecule has 0 saturated carbocycles. The molecule has 0 bridgehead atoms. The summed E-state index contributed by atoms with van der Waals surface area (Å²) < 4.78 is 3.89. The largest absolute Gasteiger partial charge is 0.330 e. The van der Waals surface area contributed by atoms with Gasteiger partial charge >= 0.3 is 0 Å². The second-order valence-electron chi connectivity index (χ2n) is 4.22. The maximum atomic E-state index is 5.60. The highest BCUT2D eigenvalue weighted by atomic mass is 35.5. The molecule has 1 atom stereocenters. The van der Waals surface area contributed by atoms with Crippen molar-refractivity contribution >= 4 is 23.9 Å². The molecule has 6 heteroatoms. The average Bonchev–Trinajstić information content (AvgIpc) is 2.71. The predicted octanol–water partition coefficient (Wildman–Crippen LogP) is 1.52. The van der Waals surface area contributed by atoms with Gasteiger partial charge in [0.1, 0.15) is 0 Å². The SMILES string of the molecule is Cl.NCCC1CCCN(Cc2csnn2)C1. The highest BCUT2D eigenvalue weighted by molar-refractivity contribution is 7.03. The molecule has 0 aliphatic carbocycles. The smallest absolute Gasteiger partial charge is 0.0895 e. The van der Waals surface area contributed by atoms with Crippen LogP contribution in [0.2, 0.25) is 0 Å². The topological polar surface area (TPSA) is 55.0 Å². The van der Waals surface area contributed by atoms with Crippen LogP contribution >= 0.6 is 23.9 Å². The molecule has 0 spiro atoms. The zero-order chi connectivity index (χ0) is 10.5. The first-order valence-corrected chi connectivity index (χ1v) is 6.40. The van der Waals surface area contributed by atoms with Crippen LogP contribution in [-0.2, 0) is 6.54 Å². The highest BCUT2D eigenvalue weighted by Gasteiger charge is 2.19. The minimum Gasteiger partial charge on any atom is -0.330 e. The molecule has 1 aromatic rings. The van der Waals surface area contributed by atoms with Crippen molar-refractivity contribution in [2.45, 2.75) is 25.8 Å². The molecule has 1 saturated heterocycles. The van der Waals surface area contributed by atoms with E-state index in [9.17, 15) is 0 Å². The predicted molar refractivity (Wildman–Crippen MR) is 68.8 cm³/mol. The number of rotatable bonds is 4. The van der Waals surface area contributed by atoms with Gasteiger partial charge in [0.2, 0.25) is 0 Å². The molecule has 1 unspecified atom stereocenters. The minimum absolute atomic E-state index is 0. The van der Waals surface area contributed by atoms with E-state index in [0.29, 0.717) is 0 Å². The van der Waals surface area contributed by atoms with Crippen molar-refractivity contribution in [3.8, 4) is 0 Å². The lowest BCUT2D eigenvalue weighted by atomic mass is 9.95. The van der Waals surface area contributed by atoms with Crippen molar-refractivity contribution in [1.29, 1.82) is 0 Å². The maximum Gasteiger partial charge on any atom is 0.0895 e. The summed E-state index contributed by atoms with van der Waals surface area (Å²) in [5, 5.41) is 6.12. The molecule has 92 valence electrons. The van der Waals surface area contributed by atoms with E-state index in [4.69, 9.17) is 5.73 Å². The van der Waals surface area contributed by atoms with E-state index in [0.717, 1.165) is 31.1 Å². The van der Waals surface area contributed by atoms with Crippen molar-refractivity contribution < 1.29 is 0 Å². The molecule has 1 fully saturated rings. The van der Waals surface area contributed by atoms with Crippen molar-refractivity contribution in [1.82, 2.24) is 14.5 Å². The van der Waals surface area contributed by atoms with E-state index in [1.54, 1.807) is 0 Å². The van der Waals surface area contributed by atoms with Crippen LogP contribution in [0.15, 0.2) is 5.38 Å². The van der Waals surface area contributed by atoms with Crippen molar-refractivity contribution in [2.24, 2.45) is 11.7 Å². The summed E-state index contributed by atoms with van der Waals surface area (Å²) in [6.07, 6.45) is 3.79. The Kier molecular flexibility index (Phi) is 6.20. The number of nitrogens with two attached hydrogens (primary N) is 1. The standard InChI is InChI=1S/C10H18N4S.ClH/c11-4-3-9-2-1-5-14(6-9)7-10-8-15-13-12-10;/h8-9H,1-7,11H2;1H. The molecule has 2 heterocycles. The van der Waals surface area contributed by atoms with Crippen LogP contribution in [0.4, 0.5) is 0 Å². The third-order valence-corrected chi connectivity index (χ3v) is 3.52. The Bertz CT molecular complexity index is 278. The Morgan fingerprint density at radius 2 is 2.44 bits per heavy atom. The summed E-state index contributed by atoms with van der Waals surface area (Å²) in [7, 11) is 0. The first kappa shape index (κ1) is 13.8. The fourth-order valence-electron chi connectivity index (χ4n) is 2.25. The first-order valence-electron chi connectivity index (χ1n) is 5.57. The highest BCUT2D eigenvalue weighted by Crippen LogP contribution is 2.20. The maximum absolute atomic E-state index is 5.60. The Labute approximate surface area is 107 Å². The quantitative estimate of drug-likeness (QED) is 0.894. The van der Waals surface area contributed by atoms with Crippen LogP contribution in [-0.4, -0.2) is 34.1 Å². The van der Waals surface area contributed by atoms with E-state index in [1.165, 1.54) is 37.5 Å². The lowest BCUT2D eigenvalue weighted by Gasteiger charge is -2.31. The summed E-state index contributed by atoms with van der Waals surface area (Å²) in [5.74, 6) is 0.787. The summed E-state index contributed by atoms with van der Waals surface area (Å²) in [6, 6.07) is 0. The van der Waals surface area contributed by atoms with Crippen LogP contribution in [0, 0.1) is 5.92 Å². The van der Waals surface area contributed by atoms with Crippen LogP contribution < -0.4 is 5.73 Å². The molecule has 1 aliphatic rings. The van der Waals surface area contributed by atoms with Gasteiger partial charge in [-0.3, -0.25) is 4.90 Å². The van der Waals surface area contributed by atoms with Gasteiger partial charge in [-0.2, -0.15) is 0 Å². The number of nitrogens with zero attached hydrogens (tertiary/aromatic N) is 3. The second kappa shape index (κ2) is 7.17. The number of halogens is 1. The minimum atomic E-state index is 0. The van der Waals surface area contributed by atoms with E-state index in [1.807, 2.05) is 5.38 Å². The van der Waals surface area contributed by atoms with Crippen molar-refractivity contribution in [3.63, 3.8) is 0 Å². The van der Waals surface area contributed by atoms with Crippen LogP contribution in [0.3, 0.4) is 0 Å². The molecule has 2 N–H and O–H groups in total. The summed E-state index contributed by atoms with van der Waals surface area (Å²) in [4.78, 5) is 2.47. The van der Waals surface area contributed by atoms with Crippen LogP contribution in [0.5, 0.6) is 0 Å². The fourth-order valence-corrected chi connectivity index (χ4v) is 2.69. The molecule has 0 amide bonds. The van der Waals surface area contributed by atoms with E-state index in [2.05, 4.69) is 14.5 Å². The molecule has 1 aromatic heterocycles. The van der Waals surface area contributed by atoms with Gasteiger partial charge in [-0.25, -0.2) is 0 Å². The average molecular weight is 263 g/mol. The molecular formula is C10H19ClN4S. The third kappa shape index (κ3) is 3.97. The Balaban J connectivity index is 0.00000128. The van der Waals surface area contributed by atoms with Gasteiger partial charge in [0.25, 0.3) is 0 Å². The van der Waals surface area contributed by atoms with Gasteiger partial charge in [0, 0.05) is 18.5 Å². The number of aromatic nitrogens is 2. The number of hydrogen-bond donors (Lipinski definition) is 1. The van der Waals surface area contributed by atoms with Gasteiger partial charge in [-0.05, 0) is 49.8 Å². The van der Waals surface area contributed by atoms with Gasteiger partial charge < -0.3 is 5.73 Å². The Hall–Kier alpha value is -0.230. The normalized spacial score (nSPS) is 21.7. The summed E-state index contributed by atoms with van der Waals surface area (Å²) in [5.41, 5.74) is 6.71. The summed E-state index contributed by atoms with van der Waals surface area (Å²) >= 11 is 1.43. The van der Waals surface area contributed by atoms with Gasteiger partial charge in [0.05, 0.1) is 5.69 Å². The lowest BCUT2D eigenvalue weighted by molar-refractivity contribution is 0.161. The van der Waals surface area contributed by atoms with Gasteiger partial charge in [-0.15, -0.1) is 17.5 Å². The van der Waals surface area contributed by atoms with Gasteiger partial charge in [-0.1, -0.05) is 4.49 Å². The molecule has 0 aromatic carbocycles. The van der Waals surface area contributed by atoms with E-state index >= 15 is 0 Å². The van der Waals surface area contributed by atoms with E-state index in [-0.39, 0.29) is 12.4 Å². The third-order valence-electron chi connectivity index (χ3n) is 2.97. The molecule has 16 heavy (non-hydrogen) atoms. The number of likely N-dealkylation sites (tertiary alicyclic amines) is 1. The second-order valence-corrected chi connectivity index (χ2v) is 4.83. The zero-order valence-corrected chi connectivity index (χ0v) is 11.0. The lowest BCUT2D eigenvalue weighted by Crippen LogP contribution is -2.35. The fraction of sp³-hybridized carbons (Fsp3) is 0.800. The molecule has 4 nitrogen and oxygen atoms in total. The monoisotopic (exact) mass is 262 g/mol.